The largest absolute Gasteiger partial charge is 0.352 e. The number of likely N-dealkylation sites (tertiary alicyclic amines) is 1. The van der Waals surface area contributed by atoms with Crippen LogP contribution in [-0.4, -0.2) is 54.9 Å². The molecule has 1 amide bonds. The minimum absolute atomic E-state index is 0.0124. The standard InChI is InChI=1S/C20H21BrFN7O/c1-28-18(13-5-7-15(22)8-6-13)17(26-27-28)19(30)29-9-3-2-4-16(29)12-25-20-23-10-14(21)11-24-20/h5-8,10-11,16H,2-4,9,12H2,1H3,(H,23,24,25). The zero-order valence-electron chi connectivity index (χ0n) is 16.4. The molecule has 1 aliphatic heterocycles. The molecule has 3 aromatic rings. The summed E-state index contributed by atoms with van der Waals surface area (Å²) in [6.45, 7) is 1.19. The SMILES string of the molecule is Cn1nnc(C(=O)N2CCCCC2CNc2ncc(Br)cn2)c1-c1ccc(F)cc1. The monoisotopic (exact) mass is 473 g/mol. The lowest BCUT2D eigenvalue weighted by molar-refractivity contribution is 0.0623. The van der Waals surface area contributed by atoms with Gasteiger partial charge in [0.15, 0.2) is 5.69 Å². The highest BCUT2D eigenvalue weighted by Crippen LogP contribution is 2.26. The van der Waals surface area contributed by atoms with Crippen molar-refractivity contribution in [2.45, 2.75) is 25.3 Å². The molecule has 0 bridgehead atoms. The second kappa shape index (κ2) is 8.86. The third-order valence-corrected chi connectivity index (χ3v) is 5.56. The Bertz CT molecular complexity index is 1020. The van der Waals surface area contributed by atoms with Crippen LogP contribution in [0.4, 0.5) is 10.3 Å². The summed E-state index contributed by atoms with van der Waals surface area (Å²) in [4.78, 5) is 23.7. The number of hydrogen-bond acceptors (Lipinski definition) is 6. The molecule has 1 N–H and O–H groups in total. The Kier molecular flexibility index (Phi) is 6.03. The number of hydrogen-bond donors (Lipinski definition) is 1. The molecular formula is C20H21BrFN7O. The number of nitrogens with one attached hydrogen (secondary N) is 1. The molecule has 0 aliphatic carbocycles. The van der Waals surface area contributed by atoms with Gasteiger partial charge in [0.1, 0.15) is 11.5 Å². The Morgan fingerprint density at radius 3 is 2.70 bits per heavy atom. The van der Waals surface area contributed by atoms with E-state index in [2.05, 4.69) is 41.5 Å². The molecule has 0 saturated carbocycles. The van der Waals surface area contributed by atoms with Crippen molar-refractivity contribution in [3.63, 3.8) is 0 Å². The van der Waals surface area contributed by atoms with Crippen molar-refractivity contribution >= 4 is 27.8 Å². The molecule has 1 saturated heterocycles. The van der Waals surface area contributed by atoms with E-state index in [1.54, 1.807) is 36.3 Å². The smallest absolute Gasteiger partial charge is 0.277 e. The summed E-state index contributed by atoms with van der Waals surface area (Å²) in [5.74, 6) is 0.00686. The van der Waals surface area contributed by atoms with Crippen LogP contribution in [0.5, 0.6) is 0 Å². The van der Waals surface area contributed by atoms with Crippen LogP contribution >= 0.6 is 15.9 Å². The van der Waals surface area contributed by atoms with Gasteiger partial charge in [0.05, 0.1) is 4.47 Å². The van der Waals surface area contributed by atoms with Crippen molar-refractivity contribution in [1.29, 1.82) is 0 Å². The van der Waals surface area contributed by atoms with Crippen molar-refractivity contribution in [2.24, 2.45) is 7.05 Å². The lowest BCUT2D eigenvalue weighted by atomic mass is 10.0. The minimum atomic E-state index is -0.334. The predicted molar refractivity (Wildman–Crippen MR) is 113 cm³/mol. The summed E-state index contributed by atoms with van der Waals surface area (Å²) >= 11 is 3.32. The van der Waals surface area contributed by atoms with E-state index in [1.807, 2.05) is 4.90 Å². The second-order valence-corrected chi connectivity index (χ2v) is 8.09. The van der Waals surface area contributed by atoms with Crippen molar-refractivity contribution in [3.8, 4) is 11.3 Å². The highest BCUT2D eigenvalue weighted by atomic mass is 79.9. The topological polar surface area (TPSA) is 88.8 Å². The zero-order chi connectivity index (χ0) is 21.1. The maximum Gasteiger partial charge on any atom is 0.277 e. The molecule has 0 radical (unpaired) electrons. The van der Waals surface area contributed by atoms with Gasteiger partial charge in [-0.25, -0.2) is 19.0 Å². The van der Waals surface area contributed by atoms with Gasteiger partial charge in [-0.15, -0.1) is 5.10 Å². The van der Waals surface area contributed by atoms with E-state index in [-0.39, 0.29) is 23.5 Å². The average molecular weight is 474 g/mol. The van der Waals surface area contributed by atoms with Gasteiger partial charge < -0.3 is 10.2 Å². The fourth-order valence-corrected chi connectivity index (χ4v) is 3.87. The van der Waals surface area contributed by atoms with Crippen LogP contribution in [-0.2, 0) is 7.05 Å². The number of nitrogens with zero attached hydrogens (tertiary/aromatic N) is 6. The fraction of sp³-hybridized carbons (Fsp3) is 0.350. The molecule has 1 aromatic carbocycles. The molecule has 4 rings (SSSR count). The van der Waals surface area contributed by atoms with Gasteiger partial charge in [-0.3, -0.25) is 4.79 Å². The number of benzene rings is 1. The van der Waals surface area contributed by atoms with Crippen LogP contribution in [0.1, 0.15) is 29.8 Å². The first-order valence-corrected chi connectivity index (χ1v) is 10.5. The molecule has 30 heavy (non-hydrogen) atoms. The van der Waals surface area contributed by atoms with E-state index in [0.717, 1.165) is 23.7 Å². The van der Waals surface area contributed by atoms with Crippen LogP contribution in [0.25, 0.3) is 11.3 Å². The Morgan fingerprint density at radius 1 is 1.23 bits per heavy atom. The molecule has 8 nitrogen and oxygen atoms in total. The maximum absolute atomic E-state index is 13.4. The zero-order valence-corrected chi connectivity index (χ0v) is 18.0. The first-order valence-electron chi connectivity index (χ1n) is 9.71. The quantitative estimate of drug-likeness (QED) is 0.611. The second-order valence-electron chi connectivity index (χ2n) is 7.17. The highest BCUT2D eigenvalue weighted by Gasteiger charge is 2.31. The molecule has 3 heterocycles. The van der Waals surface area contributed by atoms with Gasteiger partial charge in [0.2, 0.25) is 5.95 Å². The van der Waals surface area contributed by atoms with E-state index in [0.29, 0.717) is 30.3 Å². The maximum atomic E-state index is 13.4. The van der Waals surface area contributed by atoms with Crippen LogP contribution in [0, 0.1) is 5.82 Å². The lowest BCUT2D eigenvalue weighted by Gasteiger charge is -2.35. The van der Waals surface area contributed by atoms with Gasteiger partial charge in [-0.05, 0) is 59.5 Å². The summed E-state index contributed by atoms with van der Waals surface area (Å²) in [5, 5.41) is 11.4. The van der Waals surface area contributed by atoms with Gasteiger partial charge >= 0.3 is 0 Å². The number of anilines is 1. The Labute approximate surface area is 181 Å². The van der Waals surface area contributed by atoms with Gasteiger partial charge in [-0.2, -0.15) is 0 Å². The molecule has 156 valence electrons. The van der Waals surface area contributed by atoms with E-state index < -0.39 is 0 Å². The molecule has 0 spiro atoms. The number of carbonyl (C=O) groups excluding carboxylic acids is 1. The molecule has 1 unspecified atom stereocenters. The summed E-state index contributed by atoms with van der Waals surface area (Å²) in [5.41, 5.74) is 1.55. The molecule has 1 aliphatic rings. The number of aryl methyl sites for hydroxylation is 1. The summed E-state index contributed by atoms with van der Waals surface area (Å²) in [6, 6.07) is 5.97. The molecule has 1 fully saturated rings. The number of piperidine rings is 1. The van der Waals surface area contributed by atoms with Crippen molar-refractivity contribution in [1.82, 2.24) is 29.9 Å². The normalized spacial score (nSPS) is 16.5. The number of carbonyl (C=O) groups is 1. The van der Waals surface area contributed by atoms with Gasteiger partial charge in [0.25, 0.3) is 5.91 Å². The summed E-state index contributed by atoms with van der Waals surface area (Å²) in [7, 11) is 1.72. The third kappa shape index (κ3) is 4.33. The first-order chi connectivity index (χ1) is 14.5. The average Bonchev–Trinajstić information content (AvgIpc) is 3.15. The van der Waals surface area contributed by atoms with Crippen molar-refractivity contribution in [3.05, 3.63) is 52.6 Å². The van der Waals surface area contributed by atoms with Gasteiger partial charge in [-0.1, -0.05) is 5.21 Å². The van der Waals surface area contributed by atoms with E-state index in [9.17, 15) is 9.18 Å². The van der Waals surface area contributed by atoms with Crippen LogP contribution in [0.2, 0.25) is 0 Å². The van der Waals surface area contributed by atoms with Gasteiger partial charge in [0, 0.05) is 44.1 Å². The Balaban J connectivity index is 1.55. The first kappa shape index (κ1) is 20.4. The van der Waals surface area contributed by atoms with Crippen LogP contribution in [0.3, 0.4) is 0 Å². The molecule has 10 heteroatoms. The third-order valence-electron chi connectivity index (χ3n) is 5.15. The van der Waals surface area contributed by atoms with Crippen LogP contribution in [0.15, 0.2) is 41.1 Å². The number of aromatic nitrogens is 5. The molecule has 1 atom stereocenters. The predicted octanol–water partition coefficient (Wildman–Crippen LogP) is 3.28. The Morgan fingerprint density at radius 2 is 1.97 bits per heavy atom. The van der Waals surface area contributed by atoms with E-state index >= 15 is 0 Å². The van der Waals surface area contributed by atoms with Crippen molar-refractivity contribution in [2.75, 3.05) is 18.4 Å². The number of halogens is 2. The Hall–Kier alpha value is -2.88. The van der Waals surface area contributed by atoms with Crippen LogP contribution < -0.4 is 5.32 Å². The minimum Gasteiger partial charge on any atom is -0.352 e. The lowest BCUT2D eigenvalue weighted by Crippen LogP contribution is -2.47. The van der Waals surface area contributed by atoms with E-state index in [4.69, 9.17) is 0 Å². The van der Waals surface area contributed by atoms with E-state index in [1.165, 1.54) is 12.1 Å². The molecule has 2 aromatic heterocycles. The highest BCUT2D eigenvalue weighted by molar-refractivity contribution is 9.10. The fourth-order valence-electron chi connectivity index (χ4n) is 3.66. The number of rotatable bonds is 5. The number of amides is 1. The summed E-state index contributed by atoms with van der Waals surface area (Å²) in [6.07, 6.45) is 6.20. The van der Waals surface area contributed by atoms with Crippen molar-refractivity contribution < 1.29 is 9.18 Å². The summed E-state index contributed by atoms with van der Waals surface area (Å²) < 4.78 is 15.7. The molecular weight excluding hydrogens is 453 g/mol.